The van der Waals surface area contributed by atoms with Gasteiger partial charge in [0.25, 0.3) is 0 Å². The van der Waals surface area contributed by atoms with E-state index >= 15 is 0 Å². The Hall–Kier alpha value is -1.26. The van der Waals surface area contributed by atoms with Crippen LogP contribution >= 0.6 is 0 Å². The van der Waals surface area contributed by atoms with Crippen molar-refractivity contribution in [3.63, 3.8) is 0 Å². The molecule has 2 heterocycles. The predicted molar refractivity (Wildman–Crippen MR) is 78.7 cm³/mol. The fourth-order valence-electron chi connectivity index (χ4n) is 2.89. The number of rotatable bonds is 3. The van der Waals surface area contributed by atoms with Crippen LogP contribution in [0.3, 0.4) is 0 Å². The maximum Gasteiger partial charge on any atom is 0.0485 e. The average molecular weight is 261 g/mol. The van der Waals surface area contributed by atoms with Gasteiger partial charge < -0.3 is 20.7 Å². The lowest BCUT2D eigenvalue weighted by Gasteiger charge is -2.25. The van der Waals surface area contributed by atoms with Crippen molar-refractivity contribution in [3.05, 3.63) is 24.3 Å². The highest BCUT2D eigenvalue weighted by molar-refractivity contribution is 5.59. The van der Waals surface area contributed by atoms with Crippen LogP contribution in [0.4, 0.5) is 11.4 Å². The van der Waals surface area contributed by atoms with Crippen molar-refractivity contribution < 1.29 is 4.74 Å². The number of nitrogens with zero attached hydrogens (tertiary/aromatic N) is 1. The highest BCUT2D eigenvalue weighted by atomic mass is 16.5. The fraction of sp³-hybridized carbons (Fsp3) is 0.600. The lowest BCUT2D eigenvalue weighted by molar-refractivity contribution is 0.0904. The molecule has 4 heteroatoms. The molecule has 0 amide bonds. The number of anilines is 2. The molecule has 1 aromatic rings. The van der Waals surface area contributed by atoms with Gasteiger partial charge in [-0.2, -0.15) is 0 Å². The minimum Gasteiger partial charge on any atom is -0.382 e. The number of hydrogen-bond donors (Lipinski definition) is 2. The number of ether oxygens (including phenoxy) is 1. The molecule has 1 atom stereocenters. The van der Waals surface area contributed by atoms with Crippen molar-refractivity contribution >= 4 is 11.4 Å². The van der Waals surface area contributed by atoms with Crippen LogP contribution in [0.25, 0.3) is 0 Å². The van der Waals surface area contributed by atoms with Gasteiger partial charge in [0.1, 0.15) is 0 Å². The molecule has 2 saturated heterocycles. The molecular formula is C15H23N3O. The van der Waals surface area contributed by atoms with E-state index in [1.54, 1.807) is 0 Å². The van der Waals surface area contributed by atoms with Crippen LogP contribution < -0.4 is 16.0 Å². The van der Waals surface area contributed by atoms with Crippen LogP contribution in [-0.2, 0) is 4.74 Å². The van der Waals surface area contributed by atoms with E-state index in [-0.39, 0.29) is 0 Å². The zero-order valence-electron chi connectivity index (χ0n) is 11.3. The zero-order chi connectivity index (χ0) is 13.1. The third-order valence-corrected chi connectivity index (χ3v) is 4.03. The summed E-state index contributed by atoms with van der Waals surface area (Å²) in [4.78, 5) is 2.37. The Morgan fingerprint density at radius 1 is 1.21 bits per heavy atom. The highest BCUT2D eigenvalue weighted by Gasteiger charge is 2.19. The Kier molecular flexibility index (Phi) is 3.89. The van der Waals surface area contributed by atoms with Gasteiger partial charge in [0.15, 0.2) is 0 Å². The Balaban J connectivity index is 1.65. The molecule has 2 aliphatic heterocycles. The smallest absolute Gasteiger partial charge is 0.0485 e. The first kappa shape index (κ1) is 12.8. The normalized spacial score (nSPS) is 24.7. The molecule has 0 bridgehead atoms. The van der Waals surface area contributed by atoms with Gasteiger partial charge in [-0.25, -0.2) is 0 Å². The van der Waals surface area contributed by atoms with E-state index in [2.05, 4.69) is 34.5 Å². The lowest BCUT2D eigenvalue weighted by atomic mass is 10.1. The second kappa shape index (κ2) is 5.80. The highest BCUT2D eigenvalue weighted by Crippen LogP contribution is 2.24. The van der Waals surface area contributed by atoms with Gasteiger partial charge in [-0.1, -0.05) is 6.07 Å². The number of benzene rings is 1. The van der Waals surface area contributed by atoms with Crippen LogP contribution in [0.15, 0.2) is 24.3 Å². The van der Waals surface area contributed by atoms with Crippen molar-refractivity contribution in [3.8, 4) is 0 Å². The molecule has 3 rings (SSSR count). The monoisotopic (exact) mass is 261 g/mol. The van der Waals surface area contributed by atoms with Crippen LogP contribution in [0.1, 0.15) is 19.3 Å². The van der Waals surface area contributed by atoms with Gasteiger partial charge in [0.2, 0.25) is 0 Å². The second-order valence-electron chi connectivity index (χ2n) is 5.58. The first-order valence-corrected chi connectivity index (χ1v) is 7.26. The Morgan fingerprint density at radius 2 is 2.05 bits per heavy atom. The Morgan fingerprint density at radius 3 is 2.79 bits per heavy atom. The van der Waals surface area contributed by atoms with Gasteiger partial charge in [0.05, 0.1) is 0 Å². The number of hydrogen-bond acceptors (Lipinski definition) is 4. The summed E-state index contributed by atoms with van der Waals surface area (Å²) in [6, 6.07) is 9.56. The molecule has 0 unspecified atom stereocenters. The summed E-state index contributed by atoms with van der Waals surface area (Å²) in [5.41, 5.74) is 8.47. The van der Waals surface area contributed by atoms with Gasteiger partial charge in [-0.15, -0.1) is 0 Å². The minimum atomic E-state index is 0.326. The molecule has 4 nitrogen and oxygen atoms in total. The maximum atomic E-state index is 5.98. The molecule has 0 aliphatic carbocycles. The van der Waals surface area contributed by atoms with Gasteiger partial charge in [-0.3, -0.25) is 0 Å². The van der Waals surface area contributed by atoms with Gasteiger partial charge in [0, 0.05) is 49.8 Å². The van der Waals surface area contributed by atoms with Crippen molar-refractivity contribution in [1.29, 1.82) is 0 Å². The average Bonchev–Trinajstić information content (AvgIpc) is 2.87. The molecule has 2 aliphatic rings. The van der Waals surface area contributed by atoms with Crippen LogP contribution in [-0.4, -0.2) is 38.4 Å². The molecule has 1 aromatic carbocycles. The van der Waals surface area contributed by atoms with E-state index in [1.807, 2.05) is 0 Å². The predicted octanol–water partition coefficient (Wildman–Crippen LogP) is 1.81. The molecule has 0 aromatic heterocycles. The standard InChI is InChI=1S/C15H23N3O/c16-12-4-7-18(11-12)15-3-1-2-14(10-15)17-13-5-8-19-9-6-13/h1-3,10,12-13,17H,4-9,11,16H2/t12-/m0/s1. The first-order valence-electron chi connectivity index (χ1n) is 7.26. The minimum absolute atomic E-state index is 0.326. The van der Waals surface area contributed by atoms with E-state index in [4.69, 9.17) is 10.5 Å². The summed E-state index contributed by atoms with van der Waals surface area (Å²) < 4.78 is 5.39. The van der Waals surface area contributed by atoms with Crippen molar-refractivity contribution in [1.82, 2.24) is 0 Å². The summed E-state index contributed by atoms with van der Waals surface area (Å²) in [5.74, 6) is 0. The third-order valence-electron chi connectivity index (χ3n) is 4.03. The maximum absolute atomic E-state index is 5.98. The van der Waals surface area contributed by atoms with Crippen LogP contribution in [0, 0.1) is 0 Å². The second-order valence-corrected chi connectivity index (χ2v) is 5.58. The summed E-state index contributed by atoms with van der Waals surface area (Å²) in [6.45, 7) is 3.79. The van der Waals surface area contributed by atoms with Crippen molar-refractivity contribution in [2.75, 3.05) is 36.5 Å². The molecular weight excluding hydrogens is 238 g/mol. The quantitative estimate of drug-likeness (QED) is 0.871. The SMILES string of the molecule is N[C@H]1CCN(c2cccc(NC3CCOCC3)c2)C1. The van der Waals surface area contributed by atoms with Crippen LogP contribution in [0.2, 0.25) is 0 Å². The molecule has 104 valence electrons. The Bertz CT molecular complexity index is 418. The van der Waals surface area contributed by atoms with E-state index in [0.29, 0.717) is 12.1 Å². The van der Waals surface area contributed by atoms with Crippen molar-refractivity contribution in [2.45, 2.75) is 31.3 Å². The van der Waals surface area contributed by atoms with Gasteiger partial charge >= 0.3 is 0 Å². The van der Waals surface area contributed by atoms with E-state index in [1.165, 1.54) is 11.4 Å². The largest absolute Gasteiger partial charge is 0.382 e. The summed E-state index contributed by atoms with van der Waals surface area (Å²) in [7, 11) is 0. The Labute approximate surface area is 114 Å². The molecule has 19 heavy (non-hydrogen) atoms. The number of nitrogens with one attached hydrogen (secondary N) is 1. The number of nitrogens with two attached hydrogens (primary N) is 1. The summed E-state index contributed by atoms with van der Waals surface area (Å²) >= 11 is 0. The molecule has 0 radical (unpaired) electrons. The third kappa shape index (κ3) is 3.19. The lowest BCUT2D eigenvalue weighted by Crippen LogP contribution is -2.28. The van der Waals surface area contributed by atoms with Crippen molar-refractivity contribution in [2.24, 2.45) is 5.73 Å². The molecule has 2 fully saturated rings. The first-order chi connectivity index (χ1) is 9.31. The van der Waals surface area contributed by atoms with Gasteiger partial charge in [-0.05, 0) is 37.5 Å². The van der Waals surface area contributed by atoms with E-state index in [9.17, 15) is 0 Å². The molecule has 0 saturated carbocycles. The van der Waals surface area contributed by atoms with Crippen LogP contribution in [0.5, 0.6) is 0 Å². The summed E-state index contributed by atoms with van der Waals surface area (Å²) in [6.07, 6.45) is 3.29. The molecule has 3 N–H and O–H groups in total. The van der Waals surface area contributed by atoms with E-state index in [0.717, 1.165) is 45.6 Å². The fourth-order valence-corrected chi connectivity index (χ4v) is 2.89. The van der Waals surface area contributed by atoms with E-state index < -0.39 is 0 Å². The molecule has 0 spiro atoms. The zero-order valence-corrected chi connectivity index (χ0v) is 11.3. The topological polar surface area (TPSA) is 50.5 Å². The summed E-state index contributed by atoms with van der Waals surface area (Å²) in [5, 5.41) is 3.62.